The number of hydrogen-bond acceptors (Lipinski definition) is 3. The van der Waals surface area contributed by atoms with Crippen molar-refractivity contribution in [1.29, 1.82) is 0 Å². The van der Waals surface area contributed by atoms with Gasteiger partial charge in [-0.3, -0.25) is 0 Å². The van der Waals surface area contributed by atoms with E-state index in [0.717, 1.165) is 0 Å². The lowest BCUT2D eigenvalue weighted by molar-refractivity contribution is -0.132. The molecule has 0 spiro atoms. The number of alkyl halides is 3. The van der Waals surface area contributed by atoms with E-state index in [-0.39, 0.29) is 0 Å². The van der Waals surface area contributed by atoms with Gasteiger partial charge in [0.25, 0.3) is 0 Å². The highest BCUT2D eigenvalue weighted by molar-refractivity contribution is 7.59. The quantitative estimate of drug-likeness (QED) is 0.518. The monoisotopic (exact) mass is 179 g/mol. The second kappa shape index (κ2) is 2.62. The minimum atomic E-state index is -4.76. The van der Waals surface area contributed by atoms with Gasteiger partial charge < -0.3 is 0 Å². The zero-order chi connectivity index (χ0) is 8.58. The van der Waals surface area contributed by atoms with Gasteiger partial charge in [0.05, 0.1) is 0 Å². The van der Waals surface area contributed by atoms with Crippen LogP contribution in [0, 0.1) is 0 Å². The molecule has 0 heterocycles. The van der Waals surface area contributed by atoms with Gasteiger partial charge in [-0.2, -0.15) is 27.9 Å². The van der Waals surface area contributed by atoms with Crippen LogP contribution in [0.25, 0.3) is 0 Å². The lowest BCUT2D eigenvalue weighted by atomic mass is 10.5. The van der Waals surface area contributed by atoms with Gasteiger partial charge in [0.2, 0.25) is 5.66 Å². The van der Waals surface area contributed by atoms with E-state index in [0.29, 0.717) is 6.92 Å². The van der Waals surface area contributed by atoms with E-state index < -0.39 is 19.8 Å². The van der Waals surface area contributed by atoms with E-state index >= 15 is 0 Å². The zero-order valence-corrected chi connectivity index (χ0v) is 5.89. The lowest BCUT2D eigenvalue weighted by Gasteiger charge is -2.14. The fourth-order valence-electron chi connectivity index (χ4n) is 0.196. The zero-order valence-electron chi connectivity index (χ0n) is 5.00. The van der Waals surface area contributed by atoms with Crippen molar-refractivity contribution >= 4 is 7.94 Å². The van der Waals surface area contributed by atoms with E-state index in [2.05, 4.69) is 0 Å². The first-order chi connectivity index (χ1) is 4.15. The smallest absolute Gasteiger partial charge is 0.192 e. The molecule has 0 aliphatic carbocycles. The normalized spacial score (nSPS) is 17.1. The summed E-state index contributed by atoms with van der Waals surface area (Å²) in [6.45, 7) is 0.508. The molecule has 0 radical (unpaired) electrons. The van der Waals surface area contributed by atoms with Crippen LogP contribution >= 0.6 is 7.94 Å². The Labute approximate surface area is 55.7 Å². The van der Waals surface area contributed by atoms with Gasteiger partial charge in [0, 0.05) is 0 Å². The maximum Gasteiger partial charge on any atom is 0.432 e. The number of hydrogen-bond donors (Lipinski definition) is 3. The van der Waals surface area contributed by atoms with Crippen LogP contribution in [0.15, 0.2) is 0 Å². The Morgan fingerprint density at radius 1 is 1.20 bits per heavy atom. The molecular weight excluding hydrogens is 172 g/mol. The van der Waals surface area contributed by atoms with Crippen LogP contribution in [-0.4, -0.2) is 26.5 Å². The van der Waals surface area contributed by atoms with Crippen molar-refractivity contribution in [2.45, 2.75) is 18.8 Å². The maximum atomic E-state index is 11.5. The molecule has 0 amide bonds. The first kappa shape index (κ1) is 10.1. The molecule has 0 aromatic carbocycles. The van der Waals surface area contributed by atoms with Crippen molar-refractivity contribution in [1.82, 2.24) is 0 Å². The van der Waals surface area contributed by atoms with Gasteiger partial charge in [-0.25, -0.2) is 0 Å². The topological polar surface area (TPSA) is 60.7 Å². The van der Waals surface area contributed by atoms with E-state index in [4.69, 9.17) is 14.7 Å². The third-order valence-corrected chi connectivity index (χ3v) is 2.33. The molecule has 1 unspecified atom stereocenters. The summed E-state index contributed by atoms with van der Waals surface area (Å²) in [7, 11) is -4.75. The van der Waals surface area contributed by atoms with Crippen molar-refractivity contribution in [2.24, 2.45) is 0 Å². The largest absolute Gasteiger partial charge is 0.432 e. The first-order valence-electron chi connectivity index (χ1n) is 2.29. The lowest BCUT2D eigenvalue weighted by Crippen LogP contribution is -2.27. The van der Waals surface area contributed by atoms with Crippen molar-refractivity contribution in [3.63, 3.8) is 0 Å². The summed E-state index contributed by atoms with van der Waals surface area (Å²) >= 11 is 0. The molecule has 3 N–H and O–H groups in total. The van der Waals surface area contributed by atoms with Crippen LogP contribution in [0.3, 0.4) is 0 Å². The molecule has 0 aromatic rings. The fourth-order valence-corrected chi connectivity index (χ4v) is 0.589. The molecule has 62 valence electrons. The Balaban J connectivity index is 4.23. The van der Waals surface area contributed by atoms with E-state index in [9.17, 15) is 13.2 Å². The van der Waals surface area contributed by atoms with Crippen molar-refractivity contribution in [3.05, 3.63) is 0 Å². The van der Waals surface area contributed by atoms with Gasteiger partial charge in [0.1, 0.15) is 0 Å². The van der Waals surface area contributed by atoms with E-state index in [1.807, 2.05) is 0 Å². The number of halogens is 3. The van der Waals surface area contributed by atoms with Crippen LogP contribution in [0.5, 0.6) is 0 Å². The van der Waals surface area contributed by atoms with Crippen LogP contribution in [0.1, 0.15) is 6.92 Å². The average Bonchev–Trinajstić information content (AvgIpc) is 1.59. The minimum Gasteiger partial charge on any atom is -0.192 e. The average molecular weight is 179 g/mol. The molecule has 0 bridgehead atoms. The summed E-state index contributed by atoms with van der Waals surface area (Å²) in [5, 5.41) is 0. The fraction of sp³-hybridized carbons (Fsp3) is 1.00. The highest BCUT2D eigenvalue weighted by atomic mass is 31.2. The Morgan fingerprint density at radius 2 is 1.50 bits per heavy atom. The van der Waals surface area contributed by atoms with E-state index in [1.165, 1.54) is 0 Å². The van der Waals surface area contributed by atoms with Crippen molar-refractivity contribution in [2.75, 3.05) is 0 Å². The summed E-state index contributed by atoms with van der Waals surface area (Å²) in [6, 6.07) is 0. The molecule has 7 heteroatoms. The van der Waals surface area contributed by atoms with Crippen LogP contribution < -0.4 is 0 Å². The van der Waals surface area contributed by atoms with Crippen LogP contribution in [-0.2, 0) is 0 Å². The Hall–Kier alpha value is 0.1000. The van der Waals surface area contributed by atoms with Crippen LogP contribution in [0.2, 0.25) is 0 Å². The van der Waals surface area contributed by atoms with Crippen LogP contribution in [0.4, 0.5) is 13.2 Å². The highest BCUT2D eigenvalue weighted by Crippen LogP contribution is 2.55. The molecule has 0 saturated heterocycles. The molecular formula is C3H7F3O3P+. The highest BCUT2D eigenvalue weighted by Gasteiger charge is 2.56. The molecule has 1 atom stereocenters. The summed E-state index contributed by atoms with van der Waals surface area (Å²) < 4.78 is 34.5. The SMILES string of the molecule is CC(C(F)(F)F)[P+](O)(O)O. The van der Waals surface area contributed by atoms with E-state index in [1.54, 1.807) is 0 Å². The second-order valence-electron chi connectivity index (χ2n) is 1.83. The Kier molecular flexibility index (Phi) is 2.64. The molecule has 0 aliphatic heterocycles. The first-order valence-corrected chi connectivity index (χ1v) is 4.01. The van der Waals surface area contributed by atoms with Gasteiger partial charge in [0.15, 0.2) is 0 Å². The molecule has 3 nitrogen and oxygen atoms in total. The van der Waals surface area contributed by atoms with Crippen molar-refractivity contribution < 1.29 is 27.9 Å². The third kappa shape index (κ3) is 2.79. The third-order valence-electron chi connectivity index (χ3n) is 0.993. The summed E-state index contributed by atoms with van der Waals surface area (Å²) in [5.41, 5.74) is -2.46. The Bertz CT molecular complexity index is 103. The number of rotatable bonds is 1. The van der Waals surface area contributed by atoms with Gasteiger partial charge in [-0.15, -0.1) is 0 Å². The predicted octanol–water partition coefficient (Wildman–Crippen LogP) is 0.677. The standard InChI is InChI=1S/C3H7F3O3P/c1-2(3(4,5)6)10(7,8)9/h2,7-9H,1H3/q+1. The molecule has 10 heavy (non-hydrogen) atoms. The molecule has 0 aromatic heterocycles. The van der Waals surface area contributed by atoms with Gasteiger partial charge >= 0.3 is 14.1 Å². The second-order valence-corrected chi connectivity index (χ2v) is 3.84. The summed E-state index contributed by atoms with van der Waals surface area (Å²) in [4.78, 5) is 24.4. The van der Waals surface area contributed by atoms with Gasteiger partial charge in [-0.1, -0.05) is 0 Å². The molecule has 0 rings (SSSR count). The Morgan fingerprint density at radius 3 is 1.50 bits per heavy atom. The molecule has 0 aliphatic rings. The summed E-state index contributed by atoms with van der Waals surface area (Å²) in [6.07, 6.45) is -4.76. The molecule has 0 saturated carbocycles. The van der Waals surface area contributed by atoms with Crippen molar-refractivity contribution in [3.8, 4) is 0 Å². The maximum absolute atomic E-state index is 11.5. The molecule has 0 fully saturated rings. The van der Waals surface area contributed by atoms with Gasteiger partial charge in [-0.05, 0) is 6.92 Å². The minimum absolute atomic E-state index is 0.508. The summed E-state index contributed by atoms with van der Waals surface area (Å²) in [5.74, 6) is 0. The predicted molar refractivity (Wildman–Crippen MR) is 29.1 cm³/mol.